The number of fused-ring (bicyclic) bond motifs is 1. The molecule has 32 heavy (non-hydrogen) atoms. The van der Waals surface area contributed by atoms with Gasteiger partial charge in [-0.15, -0.1) is 0 Å². The number of anilines is 1. The predicted molar refractivity (Wildman–Crippen MR) is 120 cm³/mol. The molecule has 0 bridgehead atoms. The minimum atomic E-state index is -3.79. The molecule has 1 atom stereocenters. The molecule has 2 amide bonds. The monoisotopic (exact) mass is 455 g/mol. The maximum absolute atomic E-state index is 12.7. The SMILES string of the molecule is NC(=O)[C@@H]1Cc2ccccc2CN1CC(=O)Nc1cccc(S(=O)(=O)NC2=NCCC2)c1. The quantitative estimate of drug-likeness (QED) is 0.598. The molecular weight excluding hydrogens is 430 g/mol. The van der Waals surface area contributed by atoms with E-state index < -0.39 is 22.0 Å². The highest BCUT2D eigenvalue weighted by molar-refractivity contribution is 7.90. The zero-order valence-corrected chi connectivity index (χ0v) is 18.3. The first-order valence-corrected chi connectivity index (χ1v) is 11.9. The van der Waals surface area contributed by atoms with Crippen LogP contribution in [0.3, 0.4) is 0 Å². The number of nitrogens with two attached hydrogens (primary N) is 1. The van der Waals surface area contributed by atoms with Crippen molar-refractivity contribution in [3.05, 3.63) is 59.7 Å². The Balaban J connectivity index is 1.45. The van der Waals surface area contributed by atoms with Gasteiger partial charge in [-0.05, 0) is 42.2 Å². The molecule has 2 heterocycles. The van der Waals surface area contributed by atoms with Crippen LogP contribution in [-0.4, -0.2) is 50.1 Å². The molecule has 0 saturated carbocycles. The van der Waals surface area contributed by atoms with Gasteiger partial charge in [0.25, 0.3) is 10.0 Å². The number of hydrogen-bond acceptors (Lipinski definition) is 6. The average Bonchev–Trinajstić information content (AvgIpc) is 3.25. The van der Waals surface area contributed by atoms with Crippen molar-refractivity contribution in [3.63, 3.8) is 0 Å². The van der Waals surface area contributed by atoms with Crippen LogP contribution >= 0.6 is 0 Å². The van der Waals surface area contributed by atoms with Gasteiger partial charge >= 0.3 is 0 Å². The number of amides is 2. The lowest BCUT2D eigenvalue weighted by Crippen LogP contribution is -2.50. The Hall–Kier alpha value is -3.24. The van der Waals surface area contributed by atoms with Gasteiger partial charge in [0.15, 0.2) is 0 Å². The van der Waals surface area contributed by atoms with Gasteiger partial charge in [0.2, 0.25) is 11.8 Å². The number of aliphatic imine (C=N–C) groups is 1. The Labute approximate surface area is 186 Å². The van der Waals surface area contributed by atoms with E-state index in [1.54, 1.807) is 17.0 Å². The fourth-order valence-corrected chi connectivity index (χ4v) is 5.12. The van der Waals surface area contributed by atoms with Crippen LogP contribution in [0.25, 0.3) is 0 Å². The van der Waals surface area contributed by atoms with Crippen LogP contribution in [-0.2, 0) is 32.6 Å². The molecule has 2 aromatic carbocycles. The normalized spacial score (nSPS) is 18.5. The summed E-state index contributed by atoms with van der Waals surface area (Å²) in [7, 11) is -3.79. The van der Waals surface area contributed by atoms with Crippen LogP contribution in [0.1, 0.15) is 24.0 Å². The Kier molecular flexibility index (Phi) is 6.24. The lowest BCUT2D eigenvalue weighted by molar-refractivity contribution is -0.125. The zero-order valence-electron chi connectivity index (χ0n) is 17.5. The number of amidine groups is 1. The van der Waals surface area contributed by atoms with E-state index in [9.17, 15) is 18.0 Å². The number of hydrogen-bond donors (Lipinski definition) is 3. The molecule has 9 nitrogen and oxygen atoms in total. The fraction of sp³-hybridized carbons (Fsp3) is 0.318. The second kappa shape index (κ2) is 9.09. The maximum atomic E-state index is 12.7. The van der Waals surface area contributed by atoms with Crippen molar-refractivity contribution >= 4 is 33.4 Å². The number of nitrogens with zero attached hydrogens (tertiary/aromatic N) is 2. The summed E-state index contributed by atoms with van der Waals surface area (Å²) in [4.78, 5) is 30.6. The minimum absolute atomic E-state index is 0.0341. The number of nitrogens with one attached hydrogen (secondary N) is 2. The van der Waals surface area contributed by atoms with Crippen molar-refractivity contribution in [2.45, 2.75) is 36.7 Å². The van der Waals surface area contributed by atoms with Gasteiger partial charge in [-0.3, -0.25) is 24.2 Å². The Morgan fingerprint density at radius 3 is 2.62 bits per heavy atom. The molecule has 2 aromatic rings. The highest BCUT2D eigenvalue weighted by Gasteiger charge is 2.31. The van der Waals surface area contributed by atoms with Crippen LogP contribution < -0.4 is 15.8 Å². The third kappa shape index (κ3) is 4.97. The Morgan fingerprint density at radius 1 is 1.12 bits per heavy atom. The second-order valence-corrected chi connectivity index (χ2v) is 9.59. The van der Waals surface area contributed by atoms with E-state index in [4.69, 9.17) is 5.73 Å². The van der Waals surface area contributed by atoms with Gasteiger partial charge in [0.1, 0.15) is 5.84 Å². The van der Waals surface area contributed by atoms with Gasteiger partial charge in [-0.2, -0.15) is 0 Å². The van der Waals surface area contributed by atoms with E-state index in [-0.39, 0.29) is 17.3 Å². The number of carbonyl (C=O) groups is 2. The molecule has 4 N–H and O–H groups in total. The lowest BCUT2D eigenvalue weighted by atomic mass is 9.93. The lowest BCUT2D eigenvalue weighted by Gasteiger charge is -2.34. The van der Waals surface area contributed by atoms with E-state index in [2.05, 4.69) is 15.0 Å². The van der Waals surface area contributed by atoms with Crippen molar-refractivity contribution < 1.29 is 18.0 Å². The van der Waals surface area contributed by atoms with Crippen LogP contribution in [0, 0.1) is 0 Å². The van der Waals surface area contributed by atoms with E-state index in [0.717, 1.165) is 17.5 Å². The van der Waals surface area contributed by atoms with Gasteiger partial charge < -0.3 is 11.1 Å². The number of carbonyl (C=O) groups excluding carboxylic acids is 2. The number of primary amides is 1. The smallest absolute Gasteiger partial charge is 0.262 e. The topological polar surface area (TPSA) is 134 Å². The Morgan fingerprint density at radius 2 is 1.91 bits per heavy atom. The van der Waals surface area contributed by atoms with Crippen molar-refractivity contribution in [3.8, 4) is 0 Å². The standard InChI is InChI=1S/C22H25N5O4S/c23-22(29)19-11-15-5-1-2-6-16(15)13-27(19)14-21(28)25-17-7-3-8-18(12-17)32(30,31)26-20-9-4-10-24-20/h1-3,5-8,12,19H,4,9-11,13-14H2,(H2,23,29)(H,24,26)(H,25,28)/t19-/m0/s1. The molecule has 0 radical (unpaired) electrons. The highest BCUT2D eigenvalue weighted by Crippen LogP contribution is 2.23. The van der Waals surface area contributed by atoms with E-state index >= 15 is 0 Å². The molecule has 0 spiro atoms. The van der Waals surface area contributed by atoms with Gasteiger partial charge in [-0.25, -0.2) is 8.42 Å². The predicted octanol–water partition coefficient (Wildman–Crippen LogP) is 1.01. The van der Waals surface area contributed by atoms with E-state index in [1.165, 1.54) is 12.1 Å². The molecule has 2 aliphatic rings. The van der Waals surface area contributed by atoms with Crippen LogP contribution in [0.15, 0.2) is 58.4 Å². The first-order valence-electron chi connectivity index (χ1n) is 10.4. The molecule has 168 valence electrons. The summed E-state index contributed by atoms with van der Waals surface area (Å²) in [5, 5.41) is 2.72. The number of rotatable bonds is 6. The molecule has 0 saturated heterocycles. The largest absolute Gasteiger partial charge is 0.368 e. The van der Waals surface area contributed by atoms with Crippen molar-refractivity contribution in [2.75, 3.05) is 18.4 Å². The molecule has 0 aliphatic carbocycles. The molecule has 2 aliphatic heterocycles. The van der Waals surface area contributed by atoms with Gasteiger partial charge in [0, 0.05) is 25.2 Å². The van der Waals surface area contributed by atoms with Crippen LogP contribution in [0.4, 0.5) is 5.69 Å². The fourth-order valence-electron chi connectivity index (χ4n) is 3.99. The third-order valence-corrected chi connectivity index (χ3v) is 6.95. The summed E-state index contributed by atoms with van der Waals surface area (Å²) in [6.45, 7) is 0.993. The first-order chi connectivity index (χ1) is 15.3. The number of benzene rings is 2. The summed E-state index contributed by atoms with van der Waals surface area (Å²) in [5.74, 6) is -0.401. The average molecular weight is 456 g/mol. The Bertz CT molecular complexity index is 1180. The summed E-state index contributed by atoms with van der Waals surface area (Å²) < 4.78 is 27.7. The first kappa shape index (κ1) is 22.0. The molecular formula is C22H25N5O4S. The van der Waals surface area contributed by atoms with Crippen molar-refractivity contribution in [1.82, 2.24) is 9.62 Å². The van der Waals surface area contributed by atoms with E-state index in [1.807, 2.05) is 24.3 Å². The third-order valence-electron chi connectivity index (χ3n) is 5.58. The second-order valence-electron chi connectivity index (χ2n) is 7.91. The summed E-state index contributed by atoms with van der Waals surface area (Å²) >= 11 is 0. The van der Waals surface area contributed by atoms with Crippen molar-refractivity contribution in [2.24, 2.45) is 10.7 Å². The zero-order chi connectivity index (χ0) is 22.7. The molecule has 4 rings (SSSR count). The van der Waals surface area contributed by atoms with Gasteiger partial charge in [-0.1, -0.05) is 30.3 Å². The molecule has 0 aromatic heterocycles. The highest BCUT2D eigenvalue weighted by atomic mass is 32.2. The summed E-state index contributed by atoms with van der Waals surface area (Å²) in [6.07, 6.45) is 1.86. The molecule has 0 fully saturated rings. The van der Waals surface area contributed by atoms with Crippen LogP contribution in [0.2, 0.25) is 0 Å². The maximum Gasteiger partial charge on any atom is 0.262 e. The minimum Gasteiger partial charge on any atom is -0.368 e. The summed E-state index contributed by atoms with van der Waals surface area (Å²) in [6, 6.07) is 13.2. The number of sulfonamides is 1. The van der Waals surface area contributed by atoms with Crippen LogP contribution in [0.5, 0.6) is 0 Å². The van der Waals surface area contributed by atoms with Crippen molar-refractivity contribution in [1.29, 1.82) is 0 Å². The van der Waals surface area contributed by atoms with Gasteiger partial charge in [0.05, 0.1) is 17.5 Å². The molecule has 10 heteroatoms. The summed E-state index contributed by atoms with van der Waals surface area (Å²) in [5.41, 5.74) is 8.02. The molecule has 0 unspecified atom stereocenters. The van der Waals surface area contributed by atoms with E-state index in [0.29, 0.717) is 37.5 Å².